The molecule has 1 amide bonds. The molecule has 0 bridgehead atoms. The molecule has 1 N–H and O–H groups in total. The van der Waals surface area contributed by atoms with Gasteiger partial charge in [-0.1, -0.05) is 48.4 Å². The third-order valence-electron chi connectivity index (χ3n) is 5.34. The van der Waals surface area contributed by atoms with E-state index in [9.17, 15) is 9.90 Å². The van der Waals surface area contributed by atoms with Crippen LogP contribution in [0.4, 0.5) is 5.13 Å². The van der Waals surface area contributed by atoms with E-state index in [1.165, 1.54) is 48.1 Å². The summed E-state index contributed by atoms with van der Waals surface area (Å²) >= 11 is 1.47. The Bertz CT molecular complexity index is 781. The molecule has 1 fully saturated rings. The lowest BCUT2D eigenvalue weighted by Crippen LogP contribution is -2.36. The van der Waals surface area contributed by atoms with Crippen LogP contribution in [0.25, 0.3) is 0 Å². The summed E-state index contributed by atoms with van der Waals surface area (Å²) in [6.07, 6.45) is 5.99. The van der Waals surface area contributed by atoms with Crippen molar-refractivity contribution in [2.45, 2.75) is 45.1 Å². The number of nitrogens with zero attached hydrogens (tertiary/aromatic N) is 3. The summed E-state index contributed by atoms with van der Waals surface area (Å²) in [5.74, 6) is 0.0980. The normalized spacial score (nSPS) is 17.7. The van der Waals surface area contributed by atoms with Crippen LogP contribution in [-0.4, -0.2) is 40.5 Å². The van der Waals surface area contributed by atoms with Crippen molar-refractivity contribution in [3.63, 3.8) is 0 Å². The molecule has 0 unspecified atom stereocenters. The van der Waals surface area contributed by atoms with Crippen LogP contribution >= 0.6 is 11.3 Å². The zero-order chi connectivity index (χ0) is 17.9. The van der Waals surface area contributed by atoms with Crippen molar-refractivity contribution in [3.8, 4) is 5.88 Å². The molecule has 0 radical (unpaired) electrons. The lowest BCUT2D eigenvalue weighted by atomic mass is 10.00. The number of carbonyl (C=O) groups excluding carboxylic acids is 1. The predicted molar refractivity (Wildman–Crippen MR) is 104 cm³/mol. The van der Waals surface area contributed by atoms with Crippen molar-refractivity contribution in [2.24, 2.45) is 0 Å². The van der Waals surface area contributed by atoms with Gasteiger partial charge in [-0.15, -0.1) is 0 Å². The monoisotopic (exact) mass is 371 g/mol. The first kappa shape index (κ1) is 17.3. The van der Waals surface area contributed by atoms with E-state index in [4.69, 9.17) is 0 Å². The molecule has 138 valence electrons. The number of fused-ring (bicyclic) bond motifs is 1. The molecule has 5 nitrogen and oxygen atoms in total. The highest BCUT2D eigenvalue weighted by molar-refractivity contribution is 7.16. The zero-order valence-corrected chi connectivity index (χ0v) is 15.8. The Hall–Kier alpha value is -2.08. The van der Waals surface area contributed by atoms with Crippen molar-refractivity contribution in [1.82, 2.24) is 9.88 Å². The lowest BCUT2D eigenvalue weighted by molar-refractivity contribution is -0.131. The number of amides is 1. The van der Waals surface area contributed by atoms with E-state index < -0.39 is 0 Å². The van der Waals surface area contributed by atoms with E-state index in [-0.39, 0.29) is 18.2 Å². The van der Waals surface area contributed by atoms with Gasteiger partial charge < -0.3 is 14.9 Å². The van der Waals surface area contributed by atoms with Crippen LogP contribution in [0, 0.1) is 0 Å². The third-order valence-corrected chi connectivity index (χ3v) is 6.44. The van der Waals surface area contributed by atoms with Gasteiger partial charge in [-0.3, -0.25) is 4.79 Å². The van der Waals surface area contributed by atoms with Gasteiger partial charge in [0.15, 0.2) is 5.13 Å². The van der Waals surface area contributed by atoms with Crippen LogP contribution < -0.4 is 4.90 Å². The molecule has 26 heavy (non-hydrogen) atoms. The molecule has 1 saturated heterocycles. The fourth-order valence-corrected chi connectivity index (χ4v) is 4.80. The van der Waals surface area contributed by atoms with Gasteiger partial charge in [-0.2, -0.15) is 4.98 Å². The van der Waals surface area contributed by atoms with E-state index in [0.29, 0.717) is 11.4 Å². The van der Waals surface area contributed by atoms with Gasteiger partial charge in [0.25, 0.3) is 0 Å². The fraction of sp³-hybridized carbons (Fsp3) is 0.500. The first-order chi connectivity index (χ1) is 12.7. The number of carbonyl (C=O) groups is 1. The molecule has 2 aliphatic heterocycles. The SMILES string of the molecule is O=C(Cc1sc(N2CCCCCC2)nc1O)N1CCc2ccccc2C1. The second kappa shape index (κ2) is 7.66. The Labute approximate surface area is 158 Å². The minimum Gasteiger partial charge on any atom is -0.492 e. The van der Waals surface area contributed by atoms with Crippen LogP contribution in [0.3, 0.4) is 0 Å². The summed E-state index contributed by atoms with van der Waals surface area (Å²) in [7, 11) is 0. The smallest absolute Gasteiger partial charge is 0.228 e. The van der Waals surface area contributed by atoms with Crippen molar-refractivity contribution in [3.05, 3.63) is 40.3 Å². The number of aromatic hydroxyl groups is 1. The van der Waals surface area contributed by atoms with Gasteiger partial charge in [-0.05, 0) is 30.4 Å². The molecule has 4 rings (SSSR count). The molecule has 6 heteroatoms. The second-order valence-corrected chi connectivity index (χ2v) is 8.22. The van der Waals surface area contributed by atoms with Crippen molar-refractivity contribution in [2.75, 3.05) is 24.5 Å². The van der Waals surface area contributed by atoms with Crippen LogP contribution in [0.5, 0.6) is 5.88 Å². The number of anilines is 1. The van der Waals surface area contributed by atoms with Crippen molar-refractivity contribution >= 4 is 22.4 Å². The Kier molecular flexibility index (Phi) is 5.11. The first-order valence-electron chi connectivity index (χ1n) is 9.49. The number of aromatic nitrogens is 1. The Balaban J connectivity index is 1.43. The molecule has 2 aromatic rings. The molecule has 0 aliphatic carbocycles. The van der Waals surface area contributed by atoms with Gasteiger partial charge in [0.1, 0.15) is 0 Å². The van der Waals surface area contributed by atoms with Crippen LogP contribution in [0.1, 0.15) is 41.7 Å². The van der Waals surface area contributed by atoms with E-state index >= 15 is 0 Å². The summed E-state index contributed by atoms with van der Waals surface area (Å²) in [6.45, 7) is 3.38. The second-order valence-electron chi connectivity index (χ2n) is 7.16. The van der Waals surface area contributed by atoms with Gasteiger partial charge in [0, 0.05) is 26.2 Å². The number of benzene rings is 1. The first-order valence-corrected chi connectivity index (χ1v) is 10.3. The van der Waals surface area contributed by atoms with Gasteiger partial charge in [0.2, 0.25) is 11.8 Å². The molecule has 0 atom stereocenters. The quantitative estimate of drug-likeness (QED) is 0.899. The molecule has 1 aromatic heterocycles. The topological polar surface area (TPSA) is 56.7 Å². The van der Waals surface area contributed by atoms with Crippen molar-refractivity contribution in [1.29, 1.82) is 0 Å². The average Bonchev–Trinajstić information content (AvgIpc) is 2.87. The molecule has 2 aliphatic rings. The standard InChI is InChI=1S/C20H25N3O2S/c24-18(23-12-9-15-7-3-4-8-16(15)14-23)13-17-19(25)21-20(26-17)22-10-5-1-2-6-11-22/h3-4,7-8,25H,1-2,5-6,9-14H2. The minimum atomic E-state index is 0.0278. The van der Waals surface area contributed by atoms with Crippen LogP contribution in [0.2, 0.25) is 0 Å². The van der Waals surface area contributed by atoms with Gasteiger partial charge >= 0.3 is 0 Å². The van der Waals surface area contributed by atoms with Gasteiger partial charge in [0.05, 0.1) is 11.3 Å². The summed E-state index contributed by atoms with van der Waals surface area (Å²) in [5, 5.41) is 11.1. The number of thiazole rings is 1. The van der Waals surface area contributed by atoms with E-state index in [2.05, 4.69) is 28.1 Å². The molecular formula is C20H25N3O2S. The highest BCUT2D eigenvalue weighted by Gasteiger charge is 2.24. The fourth-order valence-electron chi connectivity index (χ4n) is 3.80. The zero-order valence-electron chi connectivity index (χ0n) is 15.0. The van der Waals surface area contributed by atoms with E-state index in [1.807, 2.05) is 11.0 Å². The van der Waals surface area contributed by atoms with Crippen LogP contribution in [0.15, 0.2) is 24.3 Å². The van der Waals surface area contributed by atoms with E-state index in [1.54, 1.807) is 0 Å². The average molecular weight is 372 g/mol. The predicted octanol–water partition coefficient (Wildman–Crippen LogP) is 3.36. The maximum Gasteiger partial charge on any atom is 0.228 e. The molecular weight excluding hydrogens is 346 g/mol. The Morgan fingerprint density at radius 3 is 2.58 bits per heavy atom. The Morgan fingerprint density at radius 2 is 1.81 bits per heavy atom. The summed E-state index contributed by atoms with van der Waals surface area (Å²) in [4.78, 5) is 21.9. The third kappa shape index (κ3) is 3.70. The molecule has 1 aromatic carbocycles. The summed E-state index contributed by atoms with van der Waals surface area (Å²) < 4.78 is 0. The summed E-state index contributed by atoms with van der Waals surface area (Å²) in [5.41, 5.74) is 2.56. The maximum atomic E-state index is 12.8. The van der Waals surface area contributed by atoms with Crippen LogP contribution in [-0.2, 0) is 24.2 Å². The largest absolute Gasteiger partial charge is 0.492 e. The lowest BCUT2D eigenvalue weighted by Gasteiger charge is -2.28. The molecule has 0 saturated carbocycles. The molecule has 3 heterocycles. The van der Waals surface area contributed by atoms with Gasteiger partial charge in [-0.25, -0.2) is 0 Å². The number of hydrogen-bond donors (Lipinski definition) is 1. The number of rotatable bonds is 3. The molecule has 0 spiro atoms. The maximum absolute atomic E-state index is 12.8. The Morgan fingerprint density at radius 1 is 1.08 bits per heavy atom. The van der Waals surface area contributed by atoms with Crippen molar-refractivity contribution < 1.29 is 9.90 Å². The number of hydrogen-bond acceptors (Lipinski definition) is 5. The summed E-state index contributed by atoms with van der Waals surface area (Å²) in [6, 6.07) is 8.31. The van der Waals surface area contributed by atoms with E-state index in [0.717, 1.165) is 31.2 Å². The highest BCUT2D eigenvalue weighted by Crippen LogP contribution is 2.33. The minimum absolute atomic E-state index is 0.0278. The highest BCUT2D eigenvalue weighted by atomic mass is 32.1.